The van der Waals surface area contributed by atoms with Gasteiger partial charge in [0.2, 0.25) is 0 Å². The van der Waals surface area contributed by atoms with Crippen LogP contribution in [0.2, 0.25) is 5.02 Å². The van der Waals surface area contributed by atoms with Gasteiger partial charge in [-0.05, 0) is 48.2 Å². The third kappa shape index (κ3) is 3.34. The summed E-state index contributed by atoms with van der Waals surface area (Å²) >= 11 is 5.87. The van der Waals surface area contributed by atoms with Gasteiger partial charge in [-0.3, -0.25) is 0 Å². The molecule has 0 saturated heterocycles. The summed E-state index contributed by atoms with van der Waals surface area (Å²) in [5.41, 5.74) is 7.82. The smallest absolute Gasteiger partial charge is 0.123 e. The van der Waals surface area contributed by atoms with Crippen LogP contribution in [0.3, 0.4) is 0 Å². The van der Waals surface area contributed by atoms with Crippen LogP contribution in [-0.2, 0) is 12.0 Å². The molecule has 2 aromatic carbocycles. The van der Waals surface area contributed by atoms with Crippen LogP contribution in [0.4, 0.5) is 4.39 Å². The number of nitrogens with two attached hydrogens (primary N) is 1. The second-order valence-corrected chi connectivity index (χ2v) is 5.26. The second kappa shape index (κ2) is 5.72. The summed E-state index contributed by atoms with van der Waals surface area (Å²) in [7, 11) is 0. The van der Waals surface area contributed by atoms with Crippen molar-refractivity contribution in [1.29, 1.82) is 0 Å². The second-order valence-electron chi connectivity index (χ2n) is 4.82. The maximum absolute atomic E-state index is 13.4. The Morgan fingerprint density at radius 3 is 2.42 bits per heavy atom. The van der Waals surface area contributed by atoms with Gasteiger partial charge in [-0.1, -0.05) is 42.8 Å². The van der Waals surface area contributed by atoms with Gasteiger partial charge in [-0.25, -0.2) is 4.39 Å². The highest BCUT2D eigenvalue weighted by Gasteiger charge is 2.25. The third-order valence-corrected chi connectivity index (χ3v) is 3.72. The SMILES string of the molecule is CCC(N)(Cc1ccc(Cl)cc1)c1cccc(F)c1. The summed E-state index contributed by atoms with van der Waals surface area (Å²) in [5, 5.41) is 0.702. The van der Waals surface area contributed by atoms with E-state index in [4.69, 9.17) is 17.3 Å². The van der Waals surface area contributed by atoms with E-state index < -0.39 is 5.54 Å². The predicted molar refractivity (Wildman–Crippen MR) is 77.7 cm³/mol. The first kappa shape index (κ1) is 14.0. The summed E-state index contributed by atoms with van der Waals surface area (Å²) in [4.78, 5) is 0. The number of hydrogen-bond donors (Lipinski definition) is 1. The number of benzene rings is 2. The molecular weight excluding hydrogens is 261 g/mol. The molecule has 0 heterocycles. The molecule has 19 heavy (non-hydrogen) atoms. The van der Waals surface area contributed by atoms with E-state index in [9.17, 15) is 4.39 Å². The first-order valence-electron chi connectivity index (χ1n) is 6.33. The molecule has 1 atom stereocenters. The van der Waals surface area contributed by atoms with E-state index in [1.807, 2.05) is 37.3 Å². The van der Waals surface area contributed by atoms with E-state index >= 15 is 0 Å². The van der Waals surface area contributed by atoms with Crippen LogP contribution in [0.15, 0.2) is 48.5 Å². The van der Waals surface area contributed by atoms with E-state index in [2.05, 4.69) is 0 Å². The van der Waals surface area contributed by atoms with Crippen molar-refractivity contribution < 1.29 is 4.39 Å². The molecule has 0 bridgehead atoms. The zero-order valence-corrected chi connectivity index (χ0v) is 11.6. The van der Waals surface area contributed by atoms with Crippen LogP contribution in [0.25, 0.3) is 0 Å². The first-order valence-corrected chi connectivity index (χ1v) is 6.71. The summed E-state index contributed by atoms with van der Waals surface area (Å²) < 4.78 is 13.4. The minimum atomic E-state index is -0.560. The maximum atomic E-state index is 13.4. The lowest BCUT2D eigenvalue weighted by atomic mass is 9.82. The molecule has 0 radical (unpaired) electrons. The Morgan fingerprint density at radius 1 is 1.16 bits per heavy atom. The lowest BCUT2D eigenvalue weighted by molar-refractivity contribution is 0.422. The highest BCUT2D eigenvalue weighted by Crippen LogP contribution is 2.27. The van der Waals surface area contributed by atoms with Gasteiger partial charge in [0, 0.05) is 10.6 Å². The van der Waals surface area contributed by atoms with Crippen LogP contribution in [0.1, 0.15) is 24.5 Å². The topological polar surface area (TPSA) is 26.0 Å². The van der Waals surface area contributed by atoms with Crippen LogP contribution >= 0.6 is 11.6 Å². The lowest BCUT2D eigenvalue weighted by Crippen LogP contribution is -2.38. The normalized spacial score (nSPS) is 14.1. The molecule has 100 valence electrons. The highest BCUT2D eigenvalue weighted by atomic mass is 35.5. The average Bonchev–Trinajstić information content (AvgIpc) is 2.41. The Hall–Kier alpha value is -1.38. The van der Waals surface area contributed by atoms with Gasteiger partial charge < -0.3 is 5.73 Å². The Balaban J connectivity index is 2.30. The van der Waals surface area contributed by atoms with Crippen molar-refractivity contribution in [3.05, 3.63) is 70.5 Å². The third-order valence-electron chi connectivity index (χ3n) is 3.46. The summed E-state index contributed by atoms with van der Waals surface area (Å²) in [6.07, 6.45) is 1.39. The van der Waals surface area contributed by atoms with Crippen LogP contribution in [0, 0.1) is 5.82 Å². The molecule has 0 spiro atoms. The van der Waals surface area contributed by atoms with Crippen LogP contribution < -0.4 is 5.73 Å². The average molecular weight is 278 g/mol. The molecule has 0 aliphatic carbocycles. The molecule has 0 saturated carbocycles. The van der Waals surface area contributed by atoms with Crippen molar-refractivity contribution in [3.8, 4) is 0 Å². The van der Waals surface area contributed by atoms with Gasteiger partial charge in [0.15, 0.2) is 0 Å². The quantitative estimate of drug-likeness (QED) is 0.887. The van der Waals surface area contributed by atoms with Crippen molar-refractivity contribution in [1.82, 2.24) is 0 Å². The molecule has 2 rings (SSSR count). The molecule has 0 aliphatic heterocycles. The van der Waals surface area contributed by atoms with Crippen molar-refractivity contribution >= 4 is 11.6 Å². The summed E-state index contributed by atoms with van der Waals surface area (Å²) in [6.45, 7) is 2.01. The molecule has 1 unspecified atom stereocenters. The molecule has 0 amide bonds. The van der Waals surface area contributed by atoms with Gasteiger partial charge in [0.1, 0.15) is 5.82 Å². The number of rotatable bonds is 4. The molecule has 0 fully saturated rings. The molecule has 2 aromatic rings. The van der Waals surface area contributed by atoms with E-state index in [1.54, 1.807) is 6.07 Å². The molecule has 0 aromatic heterocycles. The van der Waals surface area contributed by atoms with Crippen LogP contribution in [-0.4, -0.2) is 0 Å². The Labute approximate surface area is 118 Å². The number of halogens is 2. The van der Waals surface area contributed by atoms with Crippen molar-refractivity contribution in [2.45, 2.75) is 25.3 Å². The fourth-order valence-corrected chi connectivity index (χ4v) is 2.32. The standard InChI is InChI=1S/C16H17ClFN/c1-2-16(19,13-4-3-5-15(18)10-13)11-12-6-8-14(17)9-7-12/h3-10H,2,11,19H2,1H3. The Kier molecular flexibility index (Phi) is 4.23. The monoisotopic (exact) mass is 277 g/mol. The van der Waals surface area contributed by atoms with E-state index in [-0.39, 0.29) is 5.82 Å². The van der Waals surface area contributed by atoms with Gasteiger partial charge in [-0.15, -0.1) is 0 Å². The molecule has 2 N–H and O–H groups in total. The summed E-state index contributed by atoms with van der Waals surface area (Å²) in [6, 6.07) is 14.1. The first-order chi connectivity index (χ1) is 9.03. The van der Waals surface area contributed by atoms with Gasteiger partial charge >= 0.3 is 0 Å². The van der Waals surface area contributed by atoms with Crippen molar-refractivity contribution in [3.63, 3.8) is 0 Å². The molecular formula is C16H17ClFN. The van der Waals surface area contributed by atoms with Gasteiger partial charge in [0.25, 0.3) is 0 Å². The minimum Gasteiger partial charge on any atom is -0.321 e. The molecule has 3 heteroatoms. The van der Waals surface area contributed by atoms with Gasteiger partial charge in [-0.2, -0.15) is 0 Å². The maximum Gasteiger partial charge on any atom is 0.123 e. The molecule has 1 nitrogen and oxygen atoms in total. The Morgan fingerprint density at radius 2 is 1.84 bits per heavy atom. The largest absolute Gasteiger partial charge is 0.321 e. The van der Waals surface area contributed by atoms with E-state index in [0.717, 1.165) is 17.5 Å². The van der Waals surface area contributed by atoms with Crippen molar-refractivity contribution in [2.24, 2.45) is 5.73 Å². The molecule has 0 aliphatic rings. The minimum absolute atomic E-state index is 0.253. The van der Waals surface area contributed by atoms with Crippen LogP contribution in [0.5, 0.6) is 0 Å². The fourth-order valence-electron chi connectivity index (χ4n) is 2.20. The van der Waals surface area contributed by atoms with E-state index in [1.165, 1.54) is 12.1 Å². The number of hydrogen-bond acceptors (Lipinski definition) is 1. The zero-order chi connectivity index (χ0) is 13.9. The predicted octanol–water partition coefficient (Wildman–Crippen LogP) is 4.29. The summed E-state index contributed by atoms with van der Waals surface area (Å²) in [5.74, 6) is -0.253. The zero-order valence-electron chi connectivity index (χ0n) is 10.9. The van der Waals surface area contributed by atoms with E-state index in [0.29, 0.717) is 11.4 Å². The van der Waals surface area contributed by atoms with Gasteiger partial charge in [0.05, 0.1) is 0 Å². The lowest BCUT2D eigenvalue weighted by Gasteiger charge is -2.29. The fraction of sp³-hybridized carbons (Fsp3) is 0.250. The highest BCUT2D eigenvalue weighted by molar-refractivity contribution is 6.30. The Bertz CT molecular complexity index is 553. The van der Waals surface area contributed by atoms with Crippen molar-refractivity contribution in [2.75, 3.05) is 0 Å².